The van der Waals surface area contributed by atoms with Gasteiger partial charge in [0.2, 0.25) is 5.91 Å². The summed E-state index contributed by atoms with van der Waals surface area (Å²) >= 11 is 1.22. The molecule has 2 aromatic carbocycles. The molecule has 0 bridgehead atoms. The maximum absolute atomic E-state index is 13.9. The Bertz CT molecular complexity index is 1040. The molecule has 1 heterocycles. The standard InChI is InChI=1S/C21H21FN4O2S/c1-4-10-26-20(15-6-5-7-16(12-15)28-3)24-25-21(26)29-13-19(27)23-18-9-8-14(2)11-17(18)22/h4-9,11-12H,1,10,13H2,2-3H3,(H,23,27). The van der Waals surface area contributed by atoms with E-state index in [0.717, 1.165) is 11.1 Å². The van der Waals surface area contributed by atoms with Gasteiger partial charge in [-0.1, -0.05) is 36.0 Å². The third-order valence-corrected chi connectivity index (χ3v) is 5.05. The number of carbonyl (C=O) groups is 1. The predicted molar refractivity (Wildman–Crippen MR) is 113 cm³/mol. The van der Waals surface area contributed by atoms with Crippen LogP contribution in [0.1, 0.15) is 5.56 Å². The van der Waals surface area contributed by atoms with Gasteiger partial charge in [-0.05, 0) is 36.8 Å². The van der Waals surface area contributed by atoms with Crippen molar-refractivity contribution in [3.05, 3.63) is 66.5 Å². The van der Waals surface area contributed by atoms with Crippen molar-refractivity contribution in [2.45, 2.75) is 18.6 Å². The average molecular weight is 412 g/mol. The van der Waals surface area contributed by atoms with Gasteiger partial charge in [-0.15, -0.1) is 16.8 Å². The van der Waals surface area contributed by atoms with Gasteiger partial charge < -0.3 is 10.1 Å². The van der Waals surface area contributed by atoms with Crippen molar-refractivity contribution >= 4 is 23.4 Å². The first-order valence-electron chi connectivity index (χ1n) is 8.89. The van der Waals surface area contributed by atoms with Gasteiger partial charge in [-0.3, -0.25) is 9.36 Å². The number of nitrogens with zero attached hydrogens (tertiary/aromatic N) is 3. The van der Waals surface area contributed by atoms with Crippen LogP contribution in [0.15, 0.2) is 60.3 Å². The number of anilines is 1. The maximum Gasteiger partial charge on any atom is 0.234 e. The Morgan fingerprint density at radius 2 is 2.14 bits per heavy atom. The maximum atomic E-state index is 13.9. The zero-order valence-electron chi connectivity index (χ0n) is 16.2. The molecule has 0 spiro atoms. The smallest absolute Gasteiger partial charge is 0.234 e. The molecule has 0 radical (unpaired) electrons. The molecule has 8 heteroatoms. The van der Waals surface area contributed by atoms with Crippen LogP contribution in [-0.2, 0) is 11.3 Å². The van der Waals surface area contributed by atoms with Crippen LogP contribution in [0.4, 0.5) is 10.1 Å². The fraction of sp³-hybridized carbons (Fsp3) is 0.190. The minimum atomic E-state index is -0.460. The number of carbonyl (C=O) groups excluding carboxylic acids is 1. The molecule has 29 heavy (non-hydrogen) atoms. The lowest BCUT2D eigenvalue weighted by Gasteiger charge is -2.09. The van der Waals surface area contributed by atoms with Crippen molar-refractivity contribution in [1.82, 2.24) is 14.8 Å². The summed E-state index contributed by atoms with van der Waals surface area (Å²) in [5, 5.41) is 11.6. The Kier molecular flexibility index (Phi) is 6.66. The minimum Gasteiger partial charge on any atom is -0.497 e. The molecule has 0 aliphatic carbocycles. The number of hydrogen-bond donors (Lipinski definition) is 1. The van der Waals surface area contributed by atoms with E-state index in [4.69, 9.17) is 4.74 Å². The van der Waals surface area contributed by atoms with E-state index in [1.807, 2.05) is 28.8 Å². The fourth-order valence-corrected chi connectivity index (χ4v) is 3.45. The zero-order valence-corrected chi connectivity index (χ0v) is 17.0. The molecule has 1 N–H and O–H groups in total. The van der Waals surface area contributed by atoms with Gasteiger partial charge in [0.05, 0.1) is 18.6 Å². The van der Waals surface area contributed by atoms with Crippen LogP contribution < -0.4 is 10.1 Å². The second kappa shape index (κ2) is 9.38. The molecule has 0 saturated carbocycles. The fourth-order valence-electron chi connectivity index (χ4n) is 2.70. The number of benzene rings is 2. The lowest BCUT2D eigenvalue weighted by molar-refractivity contribution is -0.113. The van der Waals surface area contributed by atoms with Gasteiger partial charge in [0.25, 0.3) is 0 Å². The van der Waals surface area contributed by atoms with E-state index in [1.165, 1.54) is 17.8 Å². The number of halogens is 1. The molecule has 3 rings (SSSR count). The Balaban J connectivity index is 1.74. The number of nitrogens with one attached hydrogen (secondary N) is 1. The van der Waals surface area contributed by atoms with Gasteiger partial charge in [0.1, 0.15) is 11.6 Å². The molecule has 0 aliphatic heterocycles. The SMILES string of the molecule is C=CCn1c(SCC(=O)Nc2ccc(C)cc2F)nnc1-c1cccc(OC)c1. The number of rotatable bonds is 8. The predicted octanol–water partition coefficient (Wildman–Crippen LogP) is 4.32. The van der Waals surface area contributed by atoms with Gasteiger partial charge in [-0.25, -0.2) is 4.39 Å². The highest BCUT2D eigenvalue weighted by molar-refractivity contribution is 7.99. The number of amides is 1. The molecule has 0 saturated heterocycles. The van der Waals surface area contributed by atoms with Crippen LogP contribution in [0.3, 0.4) is 0 Å². The van der Waals surface area contributed by atoms with Gasteiger partial charge >= 0.3 is 0 Å². The molecule has 0 atom stereocenters. The molecule has 3 aromatic rings. The third-order valence-electron chi connectivity index (χ3n) is 4.09. The largest absolute Gasteiger partial charge is 0.497 e. The van der Waals surface area contributed by atoms with Crippen LogP contribution in [0.5, 0.6) is 5.75 Å². The minimum absolute atomic E-state index is 0.0701. The average Bonchev–Trinajstić information content (AvgIpc) is 3.11. The highest BCUT2D eigenvalue weighted by Crippen LogP contribution is 2.27. The quantitative estimate of drug-likeness (QED) is 0.441. The van der Waals surface area contributed by atoms with E-state index in [-0.39, 0.29) is 17.3 Å². The van der Waals surface area contributed by atoms with E-state index in [2.05, 4.69) is 22.1 Å². The second-order valence-electron chi connectivity index (χ2n) is 6.26. The van der Waals surface area contributed by atoms with Crippen molar-refractivity contribution in [1.29, 1.82) is 0 Å². The summed E-state index contributed by atoms with van der Waals surface area (Å²) in [6.45, 7) is 6.05. The molecule has 0 fully saturated rings. The van der Waals surface area contributed by atoms with Crippen molar-refractivity contribution in [3.8, 4) is 17.1 Å². The van der Waals surface area contributed by atoms with Gasteiger partial charge in [0.15, 0.2) is 11.0 Å². The van der Waals surface area contributed by atoms with Crippen LogP contribution >= 0.6 is 11.8 Å². The molecular weight excluding hydrogens is 391 g/mol. The number of ether oxygens (including phenoxy) is 1. The summed E-state index contributed by atoms with van der Waals surface area (Å²) in [5.41, 5.74) is 1.79. The van der Waals surface area contributed by atoms with E-state index >= 15 is 0 Å². The lowest BCUT2D eigenvalue weighted by Crippen LogP contribution is -2.15. The monoisotopic (exact) mass is 412 g/mol. The number of thioether (sulfide) groups is 1. The normalized spacial score (nSPS) is 10.6. The van der Waals surface area contributed by atoms with Gasteiger partial charge in [0, 0.05) is 12.1 Å². The van der Waals surface area contributed by atoms with Crippen LogP contribution in [0, 0.1) is 12.7 Å². The van der Waals surface area contributed by atoms with Crippen molar-refractivity contribution in [2.24, 2.45) is 0 Å². The summed E-state index contributed by atoms with van der Waals surface area (Å²) in [6, 6.07) is 12.2. The number of aryl methyl sites for hydroxylation is 1. The Labute approximate surface area is 172 Å². The topological polar surface area (TPSA) is 69.0 Å². The lowest BCUT2D eigenvalue weighted by atomic mass is 10.2. The Hall–Kier alpha value is -3.13. The summed E-state index contributed by atoms with van der Waals surface area (Å²) in [4.78, 5) is 12.3. The van der Waals surface area contributed by atoms with E-state index in [0.29, 0.717) is 23.3 Å². The van der Waals surface area contributed by atoms with Crippen molar-refractivity contribution in [2.75, 3.05) is 18.2 Å². The molecule has 150 valence electrons. The first-order valence-corrected chi connectivity index (χ1v) is 9.87. The van der Waals surface area contributed by atoms with Crippen LogP contribution in [0.25, 0.3) is 11.4 Å². The molecule has 0 aliphatic rings. The molecule has 0 unspecified atom stereocenters. The number of hydrogen-bond acceptors (Lipinski definition) is 5. The number of allylic oxidation sites excluding steroid dienone is 1. The van der Waals surface area contributed by atoms with E-state index in [9.17, 15) is 9.18 Å². The highest BCUT2D eigenvalue weighted by Gasteiger charge is 2.16. The second-order valence-corrected chi connectivity index (χ2v) is 7.20. The molecule has 1 aromatic heterocycles. The Morgan fingerprint density at radius 1 is 1.31 bits per heavy atom. The third kappa shape index (κ3) is 5.03. The van der Waals surface area contributed by atoms with Crippen LogP contribution in [0.2, 0.25) is 0 Å². The summed E-state index contributed by atoms with van der Waals surface area (Å²) in [5.74, 6) is 0.647. The number of aromatic nitrogens is 3. The number of methoxy groups -OCH3 is 1. The molecule has 1 amide bonds. The molecular formula is C21H21FN4O2S. The Morgan fingerprint density at radius 3 is 2.86 bits per heavy atom. The first-order chi connectivity index (χ1) is 14.0. The van der Waals surface area contributed by atoms with Gasteiger partial charge in [-0.2, -0.15) is 0 Å². The summed E-state index contributed by atoms with van der Waals surface area (Å²) in [6.07, 6.45) is 1.73. The highest BCUT2D eigenvalue weighted by atomic mass is 32.2. The first kappa shape index (κ1) is 20.6. The summed E-state index contributed by atoms with van der Waals surface area (Å²) < 4.78 is 21.1. The zero-order chi connectivity index (χ0) is 20.8. The molecule has 6 nitrogen and oxygen atoms in total. The van der Waals surface area contributed by atoms with Crippen molar-refractivity contribution in [3.63, 3.8) is 0 Å². The van der Waals surface area contributed by atoms with Crippen LogP contribution in [-0.4, -0.2) is 33.5 Å². The summed E-state index contributed by atoms with van der Waals surface area (Å²) in [7, 11) is 1.60. The van der Waals surface area contributed by atoms with E-state index < -0.39 is 5.82 Å². The van der Waals surface area contributed by atoms with Crippen molar-refractivity contribution < 1.29 is 13.9 Å². The van der Waals surface area contributed by atoms with E-state index in [1.54, 1.807) is 32.2 Å².